The van der Waals surface area contributed by atoms with Crippen LogP contribution in [0, 0.1) is 17.3 Å². The van der Waals surface area contributed by atoms with Crippen LogP contribution in [0.25, 0.3) is 0 Å². The lowest BCUT2D eigenvalue weighted by atomic mass is 9.53. The Hall–Kier alpha value is -1.09. The Labute approximate surface area is 123 Å². The zero-order valence-corrected chi connectivity index (χ0v) is 12.2. The molecule has 1 heterocycles. The molecule has 1 aromatic carbocycles. The van der Waals surface area contributed by atoms with Gasteiger partial charge in [0, 0.05) is 24.0 Å². The fraction of sp³-hybridized carbons (Fsp3) is 0.529. The van der Waals surface area contributed by atoms with Gasteiger partial charge in [0.1, 0.15) is 5.78 Å². The summed E-state index contributed by atoms with van der Waals surface area (Å²) in [4.78, 5) is 24.3. The molecular weight excluding hydrogens is 268 g/mol. The van der Waals surface area contributed by atoms with E-state index in [4.69, 9.17) is 0 Å². The van der Waals surface area contributed by atoms with Crippen molar-refractivity contribution in [2.75, 3.05) is 0 Å². The maximum Gasteiger partial charge on any atom is 0.189 e. The van der Waals surface area contributed by atoms with E-state index < -0.39 is 0 Å². The van der Waals surface area contributed by atoms with Gasteiger partial charge >= 0.3 is 0 Å². The molecule has 4 atom stereocenters. The van der Waals surface area contributed by atoms with Crippen LogP contribution in [-0.4, -0.2) is 16.1 Å². The Bertz CT molecular complexity index is 568. The fourth-order valence-corrected chi connectivity index (χ4v) is 6.20. The van der Waals surface area contributed by atoms with Crippen molar-refractivity contribution >= 4 is 22.7 Å². The molecule has 0 amide bonds. The normalized spacial score (nSPS) is 39.1. The summed E-state index contributed by atoms with van der Waals surface area (Å²) in [6, 6.07) is 10.5. The summed E-state index contributed by atoms with van der Waals surface area (Å²) in [5.41, 5.74) is 1.34. The van der Waals surface area contributed by atoms with Gasteiger partial charge in [0.25, 0.3) is 0 Å². The molecule has 4 fully saturated rings. The molecule has 104 valence electrons. The van der Waals surface area contributed by atoms with E-state index in [2.05, 4.69) is 24.3 Å². The number of carbonyl (C=O) groups excluding carboxylic acids is 2. The number of Topliss-reactive ketones (excluding diaryl/α,β-unsaturated/α-hetero) is 1. The summed E-state index contributed by atoms with van der Waals surface area (Å²) in [6.07, 6.45) is 4.38. The predicted octanol–water partition coefficient (Wildman–Crippen LogP) is 3.25. The number of thioether (sulfide) groups is 1. The summed E-state index contributed by atoms with van der Waals surface area (Å²) in [7, 11) is 0. The summed E-state index contributed by atoms with van der Waals surface area (Å²) in [5.74, 6) is 0.923. The number of ketones is 1. The SMILES string of the molecule is O=C1C[C@@H]2C3CCC(Cc4ccccc4)(CC3=O)[C@@H]2S1. The number of rotatable bonds is 2. The molecule has 4 aliphatic rings. The quantitative estimate of drug-likeness (QED) is 0.837. The van der Waals surface area contributed by atoms with Crippen LogP contribution in [0.1, 0.15) is 31.2 Å². The van der Waals surface area contributed by atoms with Crippen molar-refractivity contribution in [2.45, 2.75) is 37.4 Å². The molecule has 1 aromatic rings. The van der Waals surface area contributed by atoms with E-state index in [1.165, 1.54) is 5.56 Å². The average Bonchev–Trinajstić information content (AvgIpc) is 2.83. The van der Waals surface area contributed by atoms with Crippen LogP contribution in [-0.2, 0) is 16.0 Å². The Morgan fingerprint density at radius 2 is 2.00 bits per heavy atom. The third-order valence-corrected chi connectivity index (χ3v) is 7.00. The van der Waals surface area contributed by atoms with Crippen LogP contribution in [0.15, 0.2) is 30.3 Å². The van der Waals surface area contributed by atoms with E-state index in [9.17, 15) is 9.59 Å². The highest BCUT2D eigenvalue weighted by atomic mass is 32.2. The third kappa shape index (κ3) is 1.79. The lowest BCUT2D eigenvalue weighted by Crippen LogP contribution is -2.54. The van der Waals surface area contributed by atoms with Gasteiger partial charge in [0.2, 0.25) is 0 Å². The van der Waals surface area contributed by atoms with Gasteiger partial charge in [0.15, 0.2) is 5.12 Å². The first-order chi connectivity index (χ1) is 9.68. The maximum atomic E-state index is 12.4. The van der Waals surface area contributed by atoms with E-state index in [0.717, 1.165) is 19.3 Å². The van der Waals surface area contributed by atoms with Crippen molar-refractivity contribution in [2.24, 2.45) is 17.3 Å². The van der Waals surface area contributed by atoms with Crippen LogP contribution >= 0.6 is 11.8 Å². The molecule has 3 aliphatic carbocycles. The zero-order chi connectivity index (χ0) is 13.7. The second-order valence-corrected chi connectivity index (χ2v) is 7.79. The van der Waals surface area contributed by atoms with Crippen LogP contribution in [0.4, 0.5) is 0 Å². The average molecular weight is 286 g/mol. The molecule has 2 unspecified atom stereocenters. The van der Waals surface area contributed by atoms with Crippen molar-refractivity contribution in [3.8, 4) is 0 Å². The van der Waals surface area contributed by atoms with E-state index in [0.29, 0.717) is 34.9 Å². The molecule has 2 bridgehead atoms. The largest absolute Gasteiger partial charge is 0.299 e. The van der Waals surface area contributed by atoms with Crippen molar-refractivity contribution < 1.29 is 9.59 Å². The maximum absolute atomic E-state index is 12.4. The zero-order valence-electron chi connectivity index (χ0n) is 11.4. The molecule has 0 spiro atoms. The lowest BCUT2D eigenvalue weighted by Gasteiger charge is -2.52. The smallest absolute Gasteiger partial charge is 0.189 e. The fourth-order valence-electron chi connectivity index (χ4n) is 4.63. The molecule has 3 heteroatoms. The van der Waals surface area contributed by atoms with E-state index in [1.807, 2.05) is 6.07 Å². The Morgan fingerprint density at radius 1 is 1.20 bits per heavy atom. The molecule has 20 heavy (non-hydrogen) atoms. The first-order valence-electron chi connectivity index (χ1n) is 7.44. The highest BCUT2D eigenvalue weighted by molar-refractivity contribution is 8.14. The Kier molecular flexibility index (Phi) is 2.81. The second kappa shape index (κ2) is 4.45. The molecule has 0 N–H and O–H groups in total. The summed E-state index contributed by atoms with van der Waals surface area (Å²) < 4.78 is 0. The van der Waals surface area contributed by atoms with Crippen LogP contribution < -0.4 is 0 Å². The molecule has 2 nitrogen and oxygen atoms in total. The molecule has 1 saturated heterocycles. The highest BCUT2D eigenvalue weighted by Crippen LogP contribution is 2.61. The second-order valence-electron chi connectivity index (χ2n) is 6.59. The number of hydrogen-bond acceptors (Lipinski definition) is 3. The van der Waals surface area contributed by atoms with Gasteiger partial charge in [0.05, 0.1) is 0 Å². The van der Waals surface area contributed by atoms with Gasteiger partial charge in [-0.25, -0.2) is 0 Å². The summed E-state index contributed by atoms with van der Waals surface area (Å²) in [5, 5.41) is 0.686. The minimum atomic E-state index is 0.0364. The van der Waals surface area contributed by atoms with Gasteiger partial charge < -0.3 is 0 Å². The van der Waals surface area contributed by atoms with Crippen LogP contribution in [0.5, 0.6) is 0 Å². The number of carbonyl (C=O) groups is 2. The van der Waals surface area contributed by atoms with E-state index >= 15 is 0 Å². The monoisotopic (exact) mass is 286 g/mol. The lowest BCUT2D eigenvalue weighted by molar-refractivity contribution is -0.137. The molecule has 3 saturated carbocycles. The van der Waals surface area contributed by atoms with E-state index in [1.54, 1.807) is 11.8 Å². The molecule has 0 radical (unpaired) electrons. The van der Waals surface area contributed by atoms with E-state index in [-0.39, 0.29) is 11.3 Å². The van der Waals surface area contributed by atoms with Crippen molar-refractivity contribution in [3.63, 3.8) is 0 Å². The topological polar surface area (TPSA) is 34.1 Å². The summed E-state index contributed by atoms with van der Waals surface area (Å²) >= 11 is 1.54. The van der Waals surface area contributed by atoms with Crippen molar-refractivity contribution in [1.82, 2.24) is 0 Å². The molecule has 1 aliphatic heterocycles. The van der Waals surface area contributed by atoms with Gasteiger partial charge in [-0.1, -0.05) is 42.1 Å². The standard InChI is InChI=1S/C17H18O2S/c18-14-10-17(9-11-4-2-1-3-5-11)7-6-12(14)13-8-15(19)20-16(13)17/h1-5,12-13,16H,6-10H2/t12?,13-,16-,17?/m1/s1. The Balaban J connectivity index is 1.71. The van der Waals surface area contributed by atoms with Crippen molar-refractivity contribution in [3.05, 3.63) is 35.9 Å². The molecular formula is C17H18O2S. The highest BCUT2D eigenvalue weighted by Gasteiger charge is 2.60. The van der Waals surface area contributed by atoms with Gasteiger partial charge in [-0.15, -0.1) is 0 Å². The molecule has 0 aromatic heterocycles. The minimum absolute atomic E-state index is 0.0364. The Morgan fingerprint density at radius 3 is 2.75 bits per heavy atom. The van der Waals surface area contributed by atoms with Gasteiger partial charge in [-0.2, -0.15) is 0 Å². The summed E-state index contributed by atoms with van der Waals surface area (Å²) in [6.45, 7) is 0. The number of fused-ring (bicyclic) bond motifs is 2. The van der Waals surface area contributed by atoms with Gasteiger partial charge in [-0.3, -0.25) is 9.59 Å². The van der Waals surface area contributed by atoms with Crippen molar-refractivity contribution in [1.29, 1.82) is 0 Å². The minimum Gasteiger partial charge on any atom is -0.299 e. The molecule has 5 rings (SSSR count). The van der Waals surface area contributed by atoms with Crippen LogP contribution in [0.3, 0.4) is 0 Å². The number of benzene rings is 1. The predicted molar refractivity (Wildman–Crippen MR) is 79.4 cm³/mol. The van der Waals surface area contributed by atoms with Crippen LogP contribution in [0.2, 0.25) is 0 Å². The third-order valence-electron chi connectivity index (χ3n) is 5.46. The first-order valence-corrected chi connectivity index (χ1v) is 8.32. The van der Waals surface area contributed by atoms with Gasteiger partial charge in [-0.05, 0) is 36.2 Å². The number of hydrogen-bond donors (Lipinski definition) is 0. The first kappa shape index (κ1) is 12.6.